The number of amides is 1. The van der Waals surface area contributed by atoms with E-state index in [9.17, 15) is 4.79 Å². The van der Waals surface area contributed by atoms with Gasteiger partial charge in [0.15, 0.2) is 0 Å². The van der Waals surface area contributed by atoms with E-state index in [1.54, 1.807) is 6.08 Å². The molecule has 0 radical (unpaired) electrons. The summed E-state index contributed by atoms with van der Waals surface area (Å²) in [4.78, 5) is 14.5. The number of hydrogen-bond donors (Lipinski definition) is 1. The van der Waals surface area contributed by atoms with E-state index >= 15 is 0 Å². The molecule has 1 N–H and O–H groups in total. The molecule has 1 heterocycles. The van der Waals surface area contributed by atoms with Crippen LogP contribution in [0.3, 0.4) is 0 Å². The summed E-state index contributed by atoms with van der Waals surface area (Å²) in [6.45, 7) is 8.62. The van der Waals surface area contributed by atoms with Crippen LogP contribution in [0.2, 0.25) is 0 Å². The zero-order valence-electron chi connectivity index (χ0n) is 14.2. The summed E-state index contributed by atoms with van der Waals surface area (Å²) in [6.07, 6.45) is 4.55. The van der Waals surface area contributed by atoms with Gasteiger partial charge >= 0.3 is 0 Å². The molecule has 1 aromatic rings. The van der Waals surface area contributed by atoms with Crippen molar-refractivity contribution in [2.75, 3.05) is 32.8 Å². The molecule has 1 aliphatic rings. The van der Waals surface area contributed by atoms with Crippen molar-refractivity contribution >= 4 is 12.0 Å². The Bertz CT molecular complexity index is 493. The van der Waals surface area contributed by atoms with Crippen molar-refractivity contribution in [2.45, 2.75) is 26.3 Å². The Morgan fingerprint density at radius 3 is 2.61 bits per heavy atom. The molecule has 0 spiro atoms. The topological polar surface area (TPSA) is 41.6 Å². The molecule has 1 aromatic carbocycles. The molecule has 1 unspecified atom stereocenters. The molecule has 4 heteroatoms. The third kappa shape index (κ3) is 6.55. The van der Waals surface area contributed by atoms with E-state index in [0.29, 0.717) is 18.5 Å². The zero-order chi connectivity index (χ0) is 16.5. The Kier molecular flexibility index (Phi) is 7.30. The largest absolute Gasteiger partial charge is 0.379 e. The SMILES string of the molecule is CC(C)CC(CNC(=O)/C=C/c1ccccc1)N1CCOCC1. The van der Waals surface area contributed by atoms with Crippen LogP contribution in [-0.2, 0) is 9.53 Å². The maximum Gasteiger partial charge on any atom is 0.244 e. The maximum absolute atomic E-state index is 12.0. The summed E-state index contributed by atoms with van der Waals surface area (Å²) in [5.41, 5.74) is 1.04. The molecule has 1 saturated heterocycles. The third-order valence-electron chi connectivity index (χ3n) is 4.04. The van der Waals surface area contributed by atoms with Crippen molar-refractivity contribution in [3.63, 3.8) is 0 Å². The Labute approximate surface area is 139 Å². The quantitative estimate of drug-likeness (QED) is 0.786. The van der Waals surface area contributed by atoms with E-state index in [4.69, 9.17) is 4.74 Å². The Balaban J connectivity index is 1.84. The van der Waals surface area contributed by atoms with Gasteiger partial charge in [-0.25, -0.2) is 0 Å². The Morgan fingerprint density at radius 1 is 1.26 bits per heavy atom. The molecule has 0 saturated carbocycles. The first-order valence-electron chi connectivity index (χ1n) is 8.48. The first-order chi connectivity index (χ1) is 11.1. The minimum absolute atomic E-state index is 0.0316. The third-order valence-corrected chi connectivity index (χ3v) is 4.04. The van der Waals surface area contributed by atoms with Gasteiger partial charge in [-0.15, -0.1) is 0 Å². The molecule has 0 aliphatic carbocycles. The van der Waals surface area contributed by atoms with Gasteiger partial charge in [-0.2, -0.15) is 0 Å². The summed E-state index contributed by atoms with van der Waals surface area (Å²) >= 11 is 0. The van der Waals surface area contributed by atoms with Gasteiger partial charge in [0.1, 0.15) is 0 Å². The van der Waals surface area contributed by atoms with Crippen molar-refractivity contribution in [2.24, 2.45) is 5.92 Å². The fourth-order valence-corrected chi connectivity index (χ4v) is 2.86. The molecule has 0 bridgehead atoms. The van der Waals surface area contributed by atoms with Crippen molar-refractivity contribution in [3.8, 4) is 0 Å². The van der Waals surface area contributed by atoms with Crippen LogP contribution in [0.25, 0.3) is 6.08 Å². The predicted octanol–water partition coefficient (Wildman–Crippen LogP) is 2.56. The monoisotopic (exact) mass is 316 g/mol. The number of morpholine rings is 1. The number of carbonyl (C=O) groups is 1. The summed E-state index contributed by atoms with van der Waals surface area (Å²) < 4.78 is 5.43. The molecule has 23 heavy (non-hydrogen) atoms. The Morgan fingerprint density at radius 2 is 1.96 bits per heavy atom. The lowest BCUT2D eigenvalue weighted by atomic mass is 10.0. The van der Waals surface area contributed by atoms with Crippen molar-refractivity contribution in [3.05, 3.63) is 42.0 Å². The normalized spacial score (nSPS) is 17.5. The van der Waals surface area contributed by atoms with E-state index in [0.717, 1.165) is 38.3 Å². The van der Waals surface area contributed by atoms with E-state index in [1.165, 1.54) is 0 Å². The Hall–Kier alpha value is -1.65. The average molecular weight is 316 g/mol. The second-order valence-electron chi connectivity index (χ2n) is 6.42. The van der Waals surface area contributed by atoms with Crippen molar-refractivity contribution in [1.29, 1.82) is 0 Å². The number of nitrogens with one attached hydrogen (secondary N) is 1. The lowest BCUT2D eigenvalue weighted by molar-refractivity contribution is -0.116. The lowest BCUT2D eigenvalue weighted by Gasteiger charge is -2.35. The van der Waals surface area contributed by atoms with E-state index in [-0.39, 0.29) is 5.91 Å². The predicted molar refractivity (Wildman–Crippen MR) is 94.1 cm³/mol. The van der Waals surface area contributed by atoms with Crippen LogP contribution < -0.4 is 5.32 Å². The van der Waals surface area contributed by atoms with Crippen LogP contribution in [0.1, 0.15) is 25.8 Å². The number of carbonyl (C=O) groups excluding carboxylic acids is 1. The minimum atomic E-state index is -0.0316. The second-order valence-corrected chi connectivity index (χ2v) is 6.42. The van der Waals surface area contributed by atoms with Crippen LogP contribution in [0, 0.1) is 5.92 Å². The molecule has 4 nitrogen and oxygen atoms in total. The van der Waals surface area contributed by atoms with Crippen molar-refractivity contribution in [1.82, 2.24) is 10.2 Å². The highest BCUT2D eigenvalue weighted by Gasteiger charge is 2.22. The zero-order valence-corrected chi connectivity index (χ0v) is 14.2. The molecule has 0 aromatic heterocycles. The summed E-state index contributed by atoms with van der Waals surface area (Å²) in [6, 6.07) is 10.3. The van der Waals surface area contributed by atoms with Gasteiger partial charge in [-0.1, -0.05) is 44.2 Å². The fraction of sp³-hybridized carbons (Fsp3) is 0.526. The van der Waals surface area contributed by atoms with E-state index in [2.05, 4.69) is 24.1 Å². The van der Waals surface area contributed by atoms with Gasteiger partial charge in [0.05, 0.1) is 13.2 Å². The average Bonchev–Trinajstić information content (AvgIpc) is 2.58. The van der Waals surface area contributed by atoms with Crippen LogP contribution >= 0.6 is 0 Å². The van der Waals surface area contributed by atoms with E-state index in [1.807, 2.05) is 36.4 Å². The highest BCUT2D eigenvalue weighted by molar-refractivity contribution is 5.91. The fourth-order valence-electron chi connectivity index (χ4n) is 2.86. The van der Waals surface area contributed by atoms with Crippen LogP contribution in [-0.4, -0.2) is 49.7 Å². The number of nitrogens with zero attached hydrogens (tertiary/aromatic N) is 1. The second kappa shape index (κ2) is 9.48. The lowest BCUT2D eigenvalue weighted by Crippen LogP contribution is -2.49. The smallest absolute Gasteiger partial charge is 0.244 e. The molecule has 1 fully saturated rings. The number of ether oxygens (including phenoxy) is 1. The molecule has 1 aliphatic heterocycles. The van der Waals surface area contributed by atoms with Crippen molar-refractivity contribution < 1.29 is 9.53 Å². The summed E-state index contributed by atoms with van der Waals surface area (Å²) in [5, 5.41) is 3.05. The van der Waals surface area contributed by atoms with Crippen LogP contribution in [0.15, 0.2) is 36.4 Å². The molecule has 126 valence electrons. The van der Waals surface area contributed by atoms with Gasteiger partial charge in [-0.3, -0.25) is 9.69 Å². The molecular formula is C19H28N2O2. The number of hydrogen-bond acceptors (Lipinski definition) is 3. The van der Waals surface area contributed by atoms with E-state index < -0.39 is 0 Å². The van der Waals surface area contributed by atoms with Gasteiger partial charge in [0, 0.05) is 31.8 Å². The van der Waals surface area contributed by atoms with Gasteiger partial charge in [0.2, 0.25) is 5.91 Å². The highest BCUT2D eigenvalue weighted by Crippen LogP contribution is 2.13. The number of rotatable bonds is 7. The van der Waals surface area contributed by atoms with Gasteiger partial charge in [0.25, 0.3) is 0 Å². The summed E-state index contributed by atoms with van der Waals surface area (Å²) in [7, 11) is 0. The standard InChI is InChI=1S/C19H28N2O2/c1-16(2)14-18(21-10-12-23-13-11-21)15-20-19(22)9-8-17-6-4-3-5-7-17/h3-9,16,18H,10-15H2,1-2H3,(H,20,22)/b9-8+. The molecular weight excluding hydrogens is 288 g/mol. The van der Waals surface area contributed by atoms with Crippen LogP contribution in [0.4, 0.5) is 0 Å². The highest BCUT2D eigenvalue weighted by atomic mass is 16.5. The first-order valence-corrected chi connectivity index (χ1v) is 8.48. The van der Waals surface area contributed by atoms with Gasteiger partial charge in [-0.05, 0) is 24.0 Å². The molecule has 2 rings (SSSR count). The number of benzene rings is 1. The van der Waals surface area contributed by atoms with Gasteiger partial charge < -0.3 is 10.1 Å². The molecule has 1 amide bonds. The van der Waals surface area contributed by atoms with Crippen LogP contribution in [0.5, 0.6) is 0 Å². The maximum atomic E-state index is 12.0. The first kappa shape index (κ1) is 17.7. The molecule has 1 atom stereocenters. The minimum Gasteiger partial charge on any atom is -0.379 e. The summed E-state index contributed by atoms with van der Waals surface area (Å²) in [5.74, 6) is 0.579.